The van der Waals surface area contributed by atoms with Crippen molar-refractivity contribution in [2.75, 3.05) is 9.80 Å². The van der Waals surface area contributed by atoms with Crippen LogP contribution in [0.3, 0.4) is 0 Å². The molecule has 9 rings (SSSR count). The second-order valence-corrected chi connectivity index (χ2v) is 22.9. The highest BCUT2D eigenvalue weighted by Gasteiger charge is 2.62. The van der Waals surface area contributed by atoms with E-state index in [2.05, 4.69) is 216 Å². The Labute approximate surface area is 387 Å². The number of nitrogens with zero attached hydrogens (tertiary/aromatic N) is 2. The Hall–Kier alpha value is -5.08. The van der Waals surface area contributed by atoms with E-state index in [1.807, 2.05) is 0 Å². The SMILES string of the molecule is Cc1cc(C(C)(C)C)cc(C)c1N(c1ccc(C(C)C)cc1)c1ccc2c(c1)C13CCCC1(CCC3)c1cc(N(c3ccc(C(C)C)cc3)c3c(C)cc(C(C)(C)C)cc3C)ccc1-2. The fourth-order valence-corrected chi connectivity index (χ4v) is 12.6. The van der Waals surface area contributed by atoms with Crippen molar-refractivity contribution in [3.05, 3.63) is 165 Å². The van der Waals surface area contributed by atoms with Gasteiger partial charge in [0.05, 0.1) is 11.4 Å². The standard InChI is InChI=1S/C62H74N2/c1-39(2)45-17-21-49(22-18-45)63(57-41(5)33-47(34-42(57)6)59(9,10)11)51-25-27-53-54-28-26-52(38-56(54)62-31-15-29-61(62,30-16-32-62)55(53)37-51)64(50-23-19-46(20-24-50)40(3)4)58-43(7)35-48(36-44(58)8)60(12,13)14/h17-28,33-40H,15-16,29-32H2,1-14H3. The minimum Gasteiger partial charge on any atom is -0.310 e. The minimum absolute atomic E-state index is 0.0776. The van der Waals surface area contributed by atoms with Gasteiger partial charge < -0.3 is 9.80 Å². The van der Waals surface area contributed by atoms with E-state index in [9.17, 15) is 0 Å². The van der Waals surface area contributed by atoms with Crippen LogP contribution in [0.15, 0.2) is 109 Å². The van der Waals surface area contributed by atoms with Crippen molar-refractivity contribution in [3.63, 3.8) is 0 Å². The summed E-state index contributed by atoms with van der Waals surface area (Å²) in [5, 5.41) is 0. The van der Waals surface area contributed by atoms with Crippen LogP contribution >= 0.6 is 0 Å². The molecule has 0 N–H and O–H groups in total. The van der Waals surface area contributed by atoms with Gasteiger partial charge in [0.1, 0.15) is 0 Å². The third-order valence-electron chi connectivity index (χ3n) is 16.0. The first kappa shape index (κ1) is 44.1. The summed E-state index contributed by atoms with van der Waals surface area (Å²) in [5.74, 6) is 0.968. The minimum atomic E-state index is 0.0776. The molecule has 6 aromatic carbocycles. The Balaban J connectivity index is 1.24. The smallest absolute Gasteiger partial charge is 0.0520 e. The van der Waals surface area contributed by atoms with Crippen LogP contribution in [0.4, 0.5) is 34.1 Å². The average molecular weight is 847 g/mol. The van der Waals surface area contributed by atoms with E-state index in [4.69, 9.17) is 0 Å². The Morgan fingerprint density at radius 1 is 0.406 bits per heavy atom. The molecule has 3 aliphatic carbocycles. The largest absolute Gasteiger partial charge is 0.310 e. The van der Waals surface area contributed by atoms with Gasteiger partial charge >= 0.3 is 0 Å². The summed E-state index contributed by atoms with van der Waals surface area (Å²) in [4.78, 5) is 5.17. The normalized spacial score (nSPS) is 19.1. The molecule has 0 radical (unpaired) electrons. The van der Waals surface area contributed by atoms with Crippen LogP contribution in [0.2, 0.25) is 0 Å². The molecule has 2 fully saturated rings. The molecule has 2 nitrogen and oxygen atoms in total. The van der Waals surface area contributed by atoms with Gasteiger partial charge in [0, 0.05) is 33.6 Å². The molecule has 6 aromatic rings. The number of anilines is 6. The Kier molecular flexibility index (Phi) is 10.9. The molecule has 0 aromatic heterocycles. The maximum absolute atomic E-state index is 2.65. The predicted octanol–water partition coefficient (Wildman–Crippen LogP) is 18.2. The fourth-order valence-electron chi connectivity index (χ4n) is 12.6. The van der Waals surface area contributed by atoms with Crippen molar-refractivity contribution >= 4 is 34.1 Å². The first-order valence-corrected chi connectivity index (χ1v) is 24.6. The molecule has 0 bridgehead atoms. The van der Waals surface area contributed by atoms with Crippen LogP contribution in [-0.2, 0) is 21.7 Å². The molecule has 2 saturated carbocycles. The number of benzene rings is 6. The number of aryl methyl sites for hydroxylation is 4. The van der Waals surface area contributed by atoms with Crippen LogP contribution in [0.5, 0.6) is 0 Å². The number of hydrogen-bond acceptors (Lipinski definition) is 2. The summed E-state index contributed by atoms with van der Waals surface area (Å²) < 4.78 is 0. The molecule has 0 heterocycles. The van der Waals surface area contributed by atoms with E-state index >= 15 is 0 Å². The van der Waals surface area contributed by atoms with Gasteiger partial charge in [-0.1, -0.05) is 143 Å². The van der Waals surface area contributed by atoms with Crippen molar-refractivity contribution in [3.8, 4) is 11.1 Å². The third kappa shape index (κ3) is 7.14. The highest BCUT2D eigenvalue weighted by atomic mass is 15.2. The van der Waals surface area contributed by atoms with E-state index in [-0.39, 0.29) is 21.7 Å². The van der Waals surface area contributed by atoms with E-state index in [1.54, 1.807) is 11.1 Å². The van der Waals surface area contributed by atoms with Crippen molar-refractivity contribution in [2.45, 2.75) is 169 Å². The average Bonchev–Trinajstić information content (AvgIpc) is 3.81. The number of hydrogen-bond donors (Lipinski definition) is 0. The molecular formula is C62H74N2. The molecule has 0 unspecified atom stereocenters. The first-order valence-electron chi connectivity index (χ1n) is 24.6. The lowest BCUT2D eigenvalue weighted by molar-refractivity contribution is 0.299. The topological polar surface area (TPSA) is 6.48 Å². The van der Waals surface area contributed by atoms with Gasteiger partial charge in [-0.3, -0.25) is 0 Å². The summed E-state index contributed by atoms with van der Waals surface area (Å²) in [6.45, 7) is 32.4. The Bertz CT molecular complexity index is 2480. The van der Waals surface area contributed by atoms with E-state index in [0.717, 1.165) is 0 Å². The van der Waals surface area contributed by atoms with Crippen molar-refractivity contribution in [2.24, 2.45) is 0 Å². The summed E-state index contributed by atoms with van der Waals surface area (Å²) in [6.07, 6.45) is 7.55. The summed E-state index contributed by atoms with van der Waals surface area (Å²) in [5.41, 5.74) is 24.8. The van der Waals surface area contributed by atoms with E-state index in [0.29, 0.717) is 11.8 Å². The molecule has 0 spiro atoms. The zero-order valence-corrected chi connectivity index (χ0v) is 41.7. The number of rotatable bonds is 8. The van der Waals surface area contributed by atoms with Gasteiger partial charge in [-0.2, -0.15) is 0 Å². The highest BCUT2D eigenvalue weighted by molar-refractivity contribution is 5.89. The van der Waals surface area contributed by atoms with Crippen LogP contribution < -0.4 is 9.80 Å². The van der Waals surface area contributed by atoms with Crippen LogP contribution in [-0.4, -0.2) is 0 Å². The quantitative estimate of drug-likeness (QED) is 0.151. The van der Waals surface area contributed by atoms with E-state index in [1.165, 1.54) is 128 Å². The summed E-state index contributed by atoms with van der Waals surface area (Å²) in [7, 11) is 0. The van der Waals surface area contributed by atoms with Crippen LogP contribution in [0.1, 0.15) is 175 Å². The van der Waals surface area contributed by atoms with Crippen molar-refractivity contribution < 1.29 is 0 Å². The number of fused-ring (bicyclic) bond motifs is 3. The van der Waals surface area contributed by atoms with Gasteiger partial charge in [-0.05, 0) is 191 Å². The molecule has 0 aliphatic heterocycles. The predicted molar refractivity (Wildman–Crippen MR) is 277 cm³/mol. The molecule has 64 heavy (non-hydrogen) atoms. The second-order valence-electron chi connectivity index (χ2n) is 22.9. The first-order chi connectivity index (χ1) is 30.2. The maximum Gasteiger partial charge on any atom is 0.0520 e. The Morgan fingerprint density at radius 2 is 0.703 bits per heavy atom. The van der Waals surface area contributed by atoms with Gasteiger partial charge in [-0.25, -0.2) is 0 Å². The van der Waals surface area contributed by atoms with Gasteiger partial charge in [0.2, 0.25) is 0 Å². The molecule has 0 saturated heterocycles. The van der Waals surface area contributed by atoms with Crippen molar-refractivity contribution in [1.29, 1.82) is 0 Å². The zero-order valence-electron chi connectivity index (χ0n) is 41.7. The van der Waals surface area contributed by atoms with Crippen LogP contribution in [0.25, 0.3) is 11.1 Å². The lowest BCUT2D eigenvalue weighted by atomic mass is 9.55. The molecule has 2 heteroatoms. The van der Waals surface area contributed by atoms with E-state index < -0.39 is 0 Å². The monoisotopic (exact) mass is 847 g/mol. The molecule has 332 valence electrons. The molecule has 0 amide bonds. The second kappa shape index (κ2) is 15.8. The van der Waals surface area contributed by atoms with Crippen molar-refractivity contribution in [1.82, 2.24) is 0 Å². The lowest BCUT2D eigenvalue weighted by Crippen LogP contribution is -2.43. The molecule has 3 aliphatic rings. The third-order valence-corrected chi connectivity index (χ3v) is 16.0. The summed E-state index contributed by atoms with van der Waals surface area (Å²) in [6, 6.07) is 43.7. The highest BCUT2D eigenvalue weighted by Crippen LogP contribution is 2.70. The maximum atomic E-state index is 2.65. The van der Waals surface area contributed by atoms with Gasteiger partial charge in [0.25, 0.3) is 0 Å². The molecular weight excluding hydrogens is 773 g/mol. The van der Waals surface area contributed by atoms with Gasteiger partial charge in [-0.15, -0.1) is 0 Å². The fraction of sp³-hybridized carbons (Fsp3) is 0.419. The van der Waals surface area contributed by atoms with Gasteiger partial charge in [0.15, 0.2) is 0 Å². The molecule has 0 atom stereocenters. The summed E-state index contributed by atoms with van der Waals surface area (Å²) >= 11 is 0. The zero-order chi connectivity index (χ0) is 45.7. The van der Waals surface area contributed by atoms with Crippen LogP contribution in [0, 0.1) is 27.7 Å². The Morgan fingerprint density at radius 3 is 0.984 bits per heavy atom. The lowest BCUT2D eigenvalue weighted by Gasteiger charge is -2.48.